The Morgan fingerprint density at radius 2 is 2.00 bits per heavy atom. The molecule has 0 heterocycles. The normalized spacial score (nSPS) is 12.1. The summed E-state index contributed by atoms with van der Waals surface area (Å²) in [6.45, 7) is 1.89. The second-order valence-electron chi connectivity index (χ2n) is 4.41. The zero-order valence-corrected chi connectivity index (χ0v) is 11.4. The third-order valence-corrected chi connectivity index (χ3v) is 2.97. The molecule has 1 aromatic carbocycles. The lowest BCUT2D eigenvalue weighted by molar-refractivity contribution is 0.312. The van der Waals surface area contributed by atoms with Gasteiger partial charge in [0.25, 0.3) is 0 Å². The van der Waals surface area contributed by atoms with Gasteiger partial charge in [-0.05, 0) is 44.1 Å². The molecule has 0 aliphatic heterocycles. The van der Waals surface area contributed by atoms with E-state index in [-0.39, 0.29) is 0 Å². The van der Waals surface area contributed by atoms with Gasteiger partial charge in [-0.1, -0.05) is 28.9 Å². The molecule has 0 aliphatic carbocycles. The van der Waals surface area contributed by atoms with E-state index in [2.05, 4.69) is 17.1 Å². The highest BCUT2D eigenvalue weighted by atomic mass is 35.5. The minimum atomic E-state index is 0.301. The smallest absolute Gasteiger partial charge is 0.139 e. The summed E-state index contributed by atoms with van der Waals surface area (Å²) < 4.78 is 0. The largest absolute Gasteiger partial charge is 0.409 e. The van der Waals surface area contributed by atoms with E-state index in [1.54, 1.807) is 0 Å². The minimum absolute atomic E-state index is 0.301. The van der Waals surface area contributed by atoms with Gasteiger partial charge in [0, 0.05) is 18.0 Å². The van der Waals surface area contributed by atoms with Crippen molar-refractivity contribution in [2.24, 2.45) is 10.9 Å². The number of nitrogens with zero attached hydrogens (tertiary/aromatic N) is 2. The van der Waals surface area contributed by atoms with Crippen LogP contribution in [0.5, 0.6) is 0 Å². The Labute approximate surface area is 113 Å². The molecule has 0 fully saturated rings. The lowest BCUT2D eigenvalue weighted by Gasteiger charge is -2.16. The molecule has 0 atom stereocenters. The molecule has 0 saturated carbocycles. The van der Waals surface area contributed by atoms with Gasteiger partial charge in [0.2, 0.25) is 0 Å². The maximum atomic E-state index is 8.40. The summed E-state index contributed by atoms with van der Waals surface area (Å²) in [5.41, 5.74) is 6.65. The van der Waals surface area contributed by atoms with Crippen LogP contribution in [-0.2, 0) is 6.54 Å². The summed E-state index contributed by atoms with van der Waals surface area (Å²) in [5.74, 6) is 0.301. The van der Waals surface area contributed by atoms with Crippen LogP contribution in [0.25, 0.3) is 0 Å². The van der Waals surface area contributed by atoms with Crippen molar-refractivity contribution in [1.82, 2.24) is 4.90 Å². The summed E-state index contributed by atoms with van der Waals surface area (Å²) in [6, 6.07) is 7.89. The first kappa shape index (κ1) is 14.8. The lowest BCUT2D eigenvalue weighted by Crippen LogP contribution is -2.19. The lowest BCUT2D eigenvalue weighted by atomic mass is 10.2. The van der Waals surface area contributed by atoms with Gasteiger partial charge in [-0.2, -0.15) is 0 Å². The van der Waals surface area contributed by atoms with Crippen LogP contribution in [0.2, 0.25) is 5.02 Å². The summed E-state index contributed by atoms with van der Waals surface area (Å²) >= 11 is 5.84. The van der Waals surface area contributed by atoms with Crippen LogP contribution in [0.15, 0.2) is 29.4 Å². The fourth-order valence-electron chi connectivity index (χ4n) is 1.72. The molecule has 1 rings (SSSR count). The van der Waals surface area contributed by atoms with E-state index in [0.717, 1.165) is 31.0 Å². The molecule has 3 N–H and O–H groups in total. The average molecular weight is 270 g/mol. The van der Waals surface area contributed by atoms with Gasteiger partial charge in [-0.3, -0.25) is 0 Å². The molecular weight excluding hydrogens is 250 g/mol. The van der Waals surface area contributed by atoms with Crippen LogP contribution in [0.4, 0.5) is 0 Å². The van der Waals surface area contributed by atoms with Crippen LogP contribution in [0, 0.1) is 0 Å². The first-order valence-electron chi connectivity index (χ1n) is 6.01. The third-order valence-electron chi connectivity index (χ3n) is 2.72. The van der Waals surface area contributed by atoms with E-state index in [9.17, 15) is 0 Å². The van der Waals surface area contributed by atoms with Crippen molar-refractivity contribution in [2.75, 3.05) is 13.6 Å². The number of rotatable bonds is 7. The fourth-order valence-corrected chi connectivity index (χ4v) is 1.84. The van der Waals surface area contributed by atoms with E-state index in [1.165, 1.54) is 5.56 Å². The molecular formula is C13H20ClN3O. The Morgan fingerprint density at radius 3 is 2.61 bits per heavy atom. The second kappa shape index (κ2) is 7.95. The SMILES string of the molecule is CN(CCCC/C(N)=N/O)Cc1ccc(Cl)cc1. The van der Waals surface area contributed by atoms with Crippen molar-refractivity contribution in [1.29, 1.82) is 0 Å². The van der Waals surface area contributed by atoms with E-state index < -0.39 is 0 Å². The number of halogens is 1. The molecule has 0 unspecified atom stereocenters. The van der Waals surface area contributed by atoms with E-state index in [4.69, 9.17) is 22.5 Å². The highest BCUT2D eigenvalue weighted by Gasteiger charge is 2.01. The monoisotopic (exact) mass is 269 g/mol. The molecule has 1 aromatic rings. The highest BCUT2D eigenvalue weighted by molar-refractivity contribution is 6.30. The van der Waals surface area contributed by atoms with Gasteiger partial charge < -0.3 is 15.8 Å². The number of benzene rings is 1. The molecule has 4 nitrogen and oxygen atoms in total. The molecule has 0 aliphatic rings. The van der Waals surface area contributed by atoms with Gasteiger partial charge in [0.15, 0.2) is 0 Å². The van der Waals surface area contributed by atoms with Crippen LogP contribution < -0.4 is 5.73 Å². The van der Waals surface area contributed by atoms with E-state index in [0.29, 0.717) is 12.3 Å². The predicted octanol–water partition coefficient (Wildman–Crippen LogP) is 2.69. The summed E-state index contributed by atoms with van der Waals surface area (Å²) in [4.78, 5) is 2.25. The molecule has 0 saturated heterocycles. The molecule has 0 amide bonds. The molecule has 0 radical (unpaired) electrons. The Hall–Kier alpha value is -1.26. The van der Waals surface area contributed by atoms with Crippen LogP contribution in [-0.4, -0.2) is 29.5 Å². The van der Waals surface area contributed by atoms with Crippen molar-refractivity contribution in [3.63, 3.8) is 0 Å². The molecule has 0 spiro atoms. The van der Waals surface area contributed by atoms with E-state index in [1.807, 2.05) is 24.3 Å². The molecule has 5 heteroatoms. The van der Waals surface area contributed by atoms with Crippen LogP contribution in [0.1, 0.15) is 24.8 Å². The van der Waals surface area contributed by atoms with Crippen molar-refractivity contribution < 1.29 is 5.21 Å². The maximum absolute atomic E-state index is 8.40. The standard InChI is InChI=1S/C13H20ClN3O/c1-17(9-3-2-4-13(15)16-18)10-11-5-7-12(14)8-6-11/h5-8,18H,2-4,9-10H2,1H3,(H2,15,16). The first-order valence-corrected chi connectivity index (χ1v) is 6.39. The van der Waals surface area contributed by atoms with Crippen LogP contribution in [0.3, 0.4) is 0 Å². The number of unbranched alkanes of at least 4 members (excludes halogenated alkanes) is 1. The van der Waals surface area contributed by atoms with Crippen molar-refractivity contribution in [2.45, 2.75) is 25.8 Å². The quantitative estimate of drug-likeness (QED) is 0.263. The van der Waals surface area contributed by atoms with Gasteiger partial charge in [0.05, 0.1) is 0 Å². The molecule has 0 aromatic heterocycles. The number of nitrogens with two attached hydrogens (primary N) is 1. The second-order valence-corrected chi connectivity index (χ2v) is 4.85. The maximum Gasteiger partial charge on any atom is 0.139 e. The number of amidine groups is 1. The summed E-state index contributed by atoms with van der Waals surface area (Å²) in [5, 5.41) is 12.1. The Bertz CT molecular complexity index is 378. The Kier molecular flexibility index (Phi) is 6.54. The van der Waals surface area contributed by atoms with Crippen molar-refractivity contribution >= 4 is 17.4 Å². The summed E-state index contributed by atoms with van der Waals surface area (Å²) in [6.07, 6.45) is 2.60. The molecule has 100 valence electrons. The van der Waals surface area contributed by atoms with E-state index >= 15 is 0 Å². The zero-order chi connectivity index (χ0) is 13.4. The molecule has 18 heavy (non-hydrogen) atoms. The Balaban J connectivity index is 2.21. The van der Waals surface area contributed by atoms with Crippen molar-refractivity contribution in [3.05, 3.63) is 34.9 Å². The van der Waals surface area contributed by atoms with Gasteiger partial charge in [0.1, 0.15) is 5.84 Å². The zero-order valence-electron chi connectivity index (χ0n) is 10.6. The topological polar surface area (TPSA) is 61.8 Å². The predicted molar refractivity (Wildman–Crippen MR) is 75.0 cm³/mol. The number of hydrogen-bond donors (Lipinski definition) is 2. The van der Waals surface area contributed by atoms with Gasteiger partial charge in [-0.15, -0.1) is 0 Å². The Morgan fingerprint density at radius 1 is 1.33 bits per heavy atom. The average Bonchev–Trinajstić information content (AvgIpc) is 2.37. The minimum Gasteiger partial charge on any atom is -0.409 e. The summed E-state index contributed by atoms with van der Waals surface area (Å²) in [7, 11) is 2.08. The van der Waals surface area contributed by atoms with Gasteiger partial charge >= 0.3 is 0 Å². The third kappa shape index (κ3) is 5.89. The highest BCUT2D eigenvalue weighted by Crippen LogP contribution is 2.11. The van der Waals surface area contributed by atoms with Gasteiger partial charge in [-0.25, -0.2) is 0 Å². The van der Waals surface area contributed by atoms with Crippen LogP contribution >= 0.6 is 11.6 Å². The van der Waals surface area contributed by atoms with Crippen molar-refractivity contribution in [3.8, 4) is 0 Å². The fraction of sp³-hybridized carbons (Fsp3) is 0.462. The number of oxime groups is 1. The number of hydrogen-bond acceptors (Lipinski definition) is 3. The first-order chi connectivity index (χ1) is 8.61. The molecule has 0 bridgehead atoms.